The molecule has 2 aromatic carbocycles. The van der Waals surface area contributed by atoms with E-state index in [1.54, 1.807) is 6.92 Å². The zero-order valence-electron chi connectivity index (χ0n) is 22.0. The molecule has 4 heteroatoms. The predicted molar refractivity (Wildman–Crippen MR) is 156 cm³/mol. The van der Waals surface area contributed by atoms with Crippen LogP contribution >= 0.6 is 11.3 Å². The second-order valence-corrected chi connectivity index (χ2v) is 12.7. The van der Waals surface area contributed by atoms with Crippen LogP contribution in [0.25, 0.3) is 44.3 Å². The van der Waals surface area contributed by atoms with Crippen molar-refractivity contribution in [1.29, 1.82) is 0 Å². The Morgan fingerprint density at radius 2 is 1.78 bits per heavy atom. The van der Waals surface area contributed by atoms with Crippen molar-refractivity contribution in [2.75, 3.05) is 0 Å². The van der Waals surface area contributed by atoms with E-state index in [9.17, 15) is 4.79 Å². The Balaban J connectivity index is 1.49. The van der Waals surface area contributed by atoms with Crippen molar-refractivity contribution in [3.63, 3.8) is 0 Å². The summed E-state index contributed by atoms with van der Waals surface area (Å²) in [5.74, 6) is 0.738. The van der Waals surface area contributed by atoms with Crippen LogP contribution in [0.5, 0.6) is 0 Å². The van der Waals surface area contributed by atoms with E-state index in [4.69, 9.17) is 0 Å². The summed E-state index contributed by atoms with van der Waals surface area (Å²) in [7, 11) is 0. The number of hydrogen-bond acceptors (Lipinski definition) is 2. The Hall–Kier alpha value is -3.11. The number of benzene rings is 2. The Bertz CT molecular complexity index is 1690. The molecule has 5 aromatic rings. The average Bonchev–Trinajstić information content (AvgIpc) is 3.53. The smallest absolute Gasteiger partial charge is 0.159 e. The second kappa shape index (κ2) is 8.73. The molecule has 0 saturated heterocycles. The minimum Gasteiger partial charge on any atom is -0.354 e. The normalized spacial score (nSPS) is 16.2. The van der Waals surface area contributed by atoms with E-state index in [2.05, 4.69) is 59.8 Å². The molecule has 3 nitrogen and oxygen atoms in total. The lowest BCUT2D eigenvalue weighted by atomic mass is 9.81. The number of hydrogen-bond donors (Lipinski definition) is 1. The van der Waals surface area contributed by atoms with Crippen LogP contribution in [0, 0.1) is 13.8 Å². The van der Waals surface area contributed by atoms with Gasteiger partial charge in [0.2, 0.25) is 0 Å². The summed E-state index contributed by atoms with van der Waals surface area (Å²) in [5.41, 5.74) is 11.7. The van der Waals surface area contributed by atoms with Gasteiger partial charge in [0.1, 0.15) is 0 Å². The van der Waals surface area contributed by atoms with E-state index < -0.39 is 0 Å². The van der Waals surface area contributed by atoms with Gasteiger partial charge in [-0.05, 0) is 87.8 Å². The number of nitrogens with one attached hydrogen (secondary N) is 1. The molecule has 188 valence electrons. The van der Waals surface area contributed by atoms with Gasteiger partial charge in [-0.3, -0.25) is 4.79 Å². The van der Waals surface area contributed by atoms with Crippen LogP contribution in [0.1, 0.15) is 82.6 Å². The van der Waals surface area contributed by atoms with Gasteiger partial charge in [0, 0.05) is 60.5 Å². The number of carbonyl (C=O) groups excluding carboxylic acids is 1. The number of aromatic nitrogens is 2. The van der Waals surface area contributed by atoms with Crippen LogP contribution in [0.3, 0.4) is 0 Å². The van der Waals surface area contributed by atoms with E-state index in [1.165, 1.54) is 97.3 Å². The monoisotopic (exact) mass is 506 g/mol. The predicted octanol–water partition coefficient (Wildman–Crippen LogP) is 9.33. The summed E-state index contributed by atoms with van der Waals surface area (Å²) in [6.07, 6.45) is 8.69. The van der Waals surface area contributed by atoms with E-state index >= 15 is 0 Å². The van der Waals surface area contributed by atoms with Gasteiger partial charge in [-0.1, -0.05) is 37.5 Å². The van der Waals surface area contributed by atoms with Crippen molar-refractivity contribution in [1.82, 2.24) is 9.55 Å². The molecule has 0 radical (unpaired) electrons. The highest BCUT2D eigenvalue weighted by molar-refractivity contribution is 7.12. The summed E-state index contributed by atoms with van der Waals surface area (Å²) in [6, 6.07) is 15.8. The number of nitrogens with zero attached hydrogens (tertiary/aromatic N) is 1. The molecule has 3 aromatic heterocycles. The van der Waals surface area contributed by atoms with Gasteiger partial charge in [0.25, 0.3) is 0 Å². The van der Waals surface area contributed by atoms with Crippen LogP contribution in [0.2, 0.25) is 0 Å². The number of fused-ring (bicyclic) bond motifs is 7. The number of aromatic amines is 1. The fraction of sp³-hybridized carbons (Fsp3) is 0.364. The van der Waals surface area contributed by atoms with Gasteiger partial charge in [-0.25, -0.2) is 0 Å². The van der Waals surface area contributed by atoms with E-state index in [1.807, 2.05) is 17.4 Å². The Kier molecular flexibility index (Phi) is 5.44. The minimum atomic E-state index is 0.145. The zero-order valence-corrected chi connectivity index (χ0v) is 22.9. The number of Topliss-reactive ketones (excluding diaryl/α,β-unsaturated/α-hetero) is 1. The van der Waals surface area contributed by atoms with Crippen molar-refractivity contribution < 1.29 is 4.79 Å². The molecule has 0 amide bonds. The fourth-order valence-corrected chi connectivity index (χ4v) is 8.07. The van der Waals surface area contributed by atoms with Gasteiger partial charge < -0.3 is 9.55 Å². The maximum absolute atomic E-state index is 12.3. The summed E-state index contributed by atoms with van der Waals surface area (Å²) >= 11 is 1.87. The molecule has 0 bridgehead atoms. The molecule has 0 spiro atoms. The fourth-order valence-electron chi connectivity index (χ4n) is 7.13. The minimum absolute atomic E-state index is 0.145. The second-order valence-electron chi connectivity index (χ2n) is 11.2. The van der Waals surface area contributed by atoms with Gasteiger partial charge in [0.15, 0.2) is 5.78 Å². The van der Waals surface area contributed by atoms with Crippen LogP contribution < -0.4 is 0 Å². The molecular formula is C33H34N2OS. The molecule has 7 rings (SSSR count). The molecular weight excluding hydrogens is 472 g/mol. The summed E-state index contributed by atoms with van der Waals surface area (Å²) < 4.78 is 2.56. The summed E-state index contributed by atoms with van der Waals surface area (Å²) in [4.78, 5) is 18.8. The first-order valence-electron chi connectivity index (χ1n) is 13.9. The lowest BCUT2D eigenvalue weighted by molar-refractivity contribution is 0.101. The van der Waals surface area contributed by atoms with Crippen LogP contribution in [0.15, 0.2) is 42.5 Å². The largest absolute Gasteiger partial charge is 0.354 e. The number of ketones is 1. The standard InChI is InChI=1S/C33H34N2OS/c1-19-16-27(21(3)37-19)30-18-28-24-10-7-15-35-31-17-23(20(2)36)11-12-26(31)32(22-8-5-4-6-9-22)33(35)25(24)13-14-29(28)34-30/h11-14,16-18,22,34H,4-10,15H2,1-3H3. The molecule has 1 aliphatic heterocycles. The topological polar surface area (TPSA) is 37.8 Å². The summed E-state index contributed by atoms with van der Waals surface area (Å²) in [6.45, 7) is 7.10. The first kappa shape index (κ1) is 23.0. The number of carbonyl (C=O) groups is 1. The molecule has 37 heavy (non-hydrogen) atoms. The zero-order chi connectivity index (χ0) is 25.3. The first-order chi connectivity index (χ1) is 18.0. The quantitative estimate of drug-likeness (QED) is 0.243. The third-order valence-electron chi connectivity index (χ3n) is 8.83. The SMILES string of the molecule is CC(=O)c1ccc2c(C3CCCCC3)c3n(c2c1)CCCc1c-3ccc2[nH]c(-c3cc(C)sc3C)cc12. The highest BCUT2D eigenvalue weighted by Crippen LogP contribution is 2.47. The highest BCUT2D eigenvalue weighted by Gasteiger charge is 2.29. The third-order valence-corrected chi connectivity index (χ3v) is 9.80. The van der Waals surface area contributed by atoms with Crippen molar-refractivity contribution >= 4 is 38.9 Å². The van der Waals surface area contributed by atoms with Gasteiger partial charge in [0.05, 0.1) is 5.69 Å². The van der Waals surface area contributed by atoms with E-state index in [0.717, 1.165) is 24.9 Å². The van der Waals surface area contributed by atoms with Gasteiger partial charge in [-0.15, -0.1) is 11.3 Å². The highest BCUT2D eigenvalue weighted by atomic mass is 32.1. The molecule has 0 atom stereocenters. The Morgan fingerprint density at radius 1 is 0.946 bits per heavy atom. The molecule has 0 unspecified atom stereocenters. The molecule has 4 heterocycles. The van der Waals surface area contributed by atoms with Gasteiger partial charge in [-0.2, -0.15) is 0 Å². The lowest BCUT2D eigenvalue weighted by Crippen LogP contribution is -2.07. The molecule has 1 saturated carbocycles. The van der Waals surface area contributed by atoms with Crippen LogP contribution in [0.4, 0.5) is 0 Å². The average molecular weight is 507 g/mol. The van der Waals surface area contributed by atoms with Crippen molar-refractivity contribution in [3.8, 4) is 22.5 Å². The first-order valence-corrected chi connectivity index (χ1v) is 14.7. The van der Waals surface area contributed by atoms with Crippen LogP contribution in [-0.4, -0.2) is 15.3 Å². The lowest BCUT2D eigenvalue weighted by Gasteiger charge is -2.24. The van der Waals surface area contributed by atoms with Crippen molar-refractivity contribution in [2.45, 2.75) is 78.2 Å². The maximum atomic E-state index is 12.3. The number of aryl methyl sites for hydroxylation is 4. The molecule has 1 N–H and O–H groups in total. The third kappa shape index (κ3) is 3.64. The van der Waals surface area contributed by atoms with Gasteiger partial charge >= 0.3 is 0 Å². The van der Waals surface area contributed by atoms with Crippen molar-refractivity contribution in [3.05, 3.63) is 68.9 Å². The van der Waals surface area contributed by atoms with Crippen molar-refractivity contribution in [2.24, 2.45) is 0 Å². The maximum Gasteiger partial charge on any atom is 0.159 e. The number of rotatable bonds is 3. The molecule has 1 fully saturated rings. The van der Waals surface area contributed by atoms with E-state index in [0.29, 0.717) is 5.92 Å². The molecule has 1 aliphatic carbocycles. The Labute approximate surface area is 222 Å². The number of thiophene rings is 1. The Morgan fingerprint density at radius 3 is 2.54 bits per heavy atom. The summed E-state index contributed by atoms with van der Waals surface area (Å²) in [5, 5.41) is 2.73. The molecule has 2 aliphatic rings. The van der Waals surface area contributed by atoms with Crippen LogP contribution in [-0.2, 0) is 13.0 Å². The van der Waals surface area contributed by atoms with E-state index in [-0.39, 0.29) is 5.78 Å². The number of H-pyrrole nitrogens is 1.